The van der Waals surface area contributed by atoms with Gasteiger partial charge < -0.3 is 10.3 Å². The van der Waals surface area contributed by atoms with E-state index in [1.807, 2.05) is 17.5 Å². The maximum Gasteiger partial charge on any atom is 0.201 e. The fourth-order valence-corrected chi connectivity index (χ4v) is 2.78. The van der Waals surface area contributed by atoms with Gasteiger partial charge in [-0.15, -0.1) is 11.3 Å². The molecule has 2 N–H and O–H groups in total. The molecule has 0 aliphatic carbocycles. The Morgan fingerprint density at radius 1 is 1.26 bits per heavy atom. The van der Waals surface area contributed by atoms with Crippen LogP contribution in [0.2, 0.25) is 0 Å². The first-order valence-electron chi connectivity index (χ1n) is 5.79. The summed E-state index contributed by atoms with van der Waals surface area (Å²) in [4.78, 5) is 5.22. The van der Waals surface area contributed by atoms with Gasteiger partial charge in [0.15, 0.2) is 11.6 Å². The molecule has 98 valence electrons. The maximum absolute atomic E-state index is 13.8. The topological polar surface area (TPSA) is 43.8 Å². The molecule has 0 saturated heterocycles. The first-order valence-corrected chi connectivity index (χ1v) is 6.67. The zero-order valence-electron chi connectivity index (χ0n) is 9.94. The number of benzene rings is 1. The molecule has 2 heterocycles. The SMILES string of the molecule is Nc1nc2ccc(F)c(F)c2n1CCc1cccs1. The molecule has 0 unspecified atom stereocenters. The van der Waals surface area contributed by atoms with Crippen molar-refractivity contribution in [3.63, 3.8) is 0 Å². The third kappa shape index (κ3) is 2.08. The van der Waals surface area contributed by atoms with Crippen molar-refractivity contribution in [1.82, 2.24) is 9.55 Å². The summed E-state index contributed by atoms with van der Waals surface area (Å²) in [7, 11) is 0. The smallest absolute Gasteiger partial charge is 0.201 e. The van der Waals surface area contributed by atoms with Crippen molar-refractivity contribution in [3.8, 4) is 0 Å². The molecule has 0 amide bonds. The normalized spacial score (nSPS) is 11.3. The predicted molar refractivity (Wildman–Crippen MR) is 72.1 cm³/mol. The van der Waals surface area contributed by atoms with Crippen molar-refractivity contribution < 1.29 is 8.78 Å². The summed E-state index contributed by atoms with van der Waals surface area (Å²) in [6.07, 6.45) is 0.712. The van der Waals surface area contributed by atoms with Crippen molar-refractivity contribution >= 4 is 28.3 Å². The summed E-state index contributed by atoms with van der Waals surface area (Å²) < 4.78 is 28.7. The number of nitrogen functional groups attached to an aromatic ring is 1. The number of nitrogens with zero attached hydrogens (tertiary/aromatic N) is 2. The van der Waals surface area contributed by atoms with Crippen LogP contribution in [0, 0.1) is 11.6 Å². The van der Waals surface area contributed by atoms with E-state index in [0.29, 0.717) is 18.5 Å². The lowest BCUT2D eigenvalue weighted by atomic mass is 10.2. The zero-order chi connectivity index (χ0) is 13.4. The van der Waals surface area contributed by atoms with Gasteiger partial charge in [0.1, 0.15) is 5.52 Å². The number of anilines is 1. The number of fused-ring (bicyclic) bond motifs is 1. The second-order valence-corrected chi connectivity index (χ2v) is 5.21. The monoisotopic (exact) mass is 279 g/mol. The molecule has 0 saturated carbocycles. The number of halogens is 2. The Hall–Kier alpha value is -1.95. The first kappa shape index (κ1) is 12.1. The molecule has 1 aromatic carbocycles. The van der Waals surface area contributed by atoms with Crippen LogP contribution >= 0.6 is 11.3 Å². The lowest BCUT2D eigenvalue weighted by Gasteiger charge is -2.06. The van der Waals surface area contributed by atoms with Crippen molar-refractivity contribution in [1.29, 1.82) is 0 Å². The molecule has 0 fully saturated rings. The lowest BCUT2D eigenvalue weighted by Crippen LogP contribution is -2.06. The summed E-state index contributed by atoms with van der Waals surface area (Å²) in [5.74, 6) is -1.58. The molecule has 3 aromatic rings. The minimum absolute atomic E-state index is 0.133. The van der Waals surface area contributed by atoms with Gasteiger partial charge in [0, 0.05) is 11.4 Å². The molecule has 3 nitrogen and oxygen atoms in total. The number of hydrogen-bond donors (Lipinski definition) is 1. The maximum atomic E-state index is 13.8. The van der Waals surface area contributed by atoms with E-state index in [1.54, 1.807) is 11.3 Å². The molecule has 3 rings (SSSR count). The molecule has 6 heteroatoms. The summed E-state index contributed by atoms with van der Waals surface area (Å²) >= 11 is 1.62. The van der Waals surface area contributed by atoms with Crippen LogP contribution in [0.4, 0.5) is 14.7 Å². The minimum Gasteiger partial charge on any atom is -0.369 e. The number of thiophene rings is 1. The van der Waals surface area contributed by atoms with E-state index in [9.17, 15) is 8.78 Å². The number of aromatic nitrogens is 2. The Balaban J connectivity index is 2.02. The highest BCUT2D eigenvalue weighted by Crippen LogP contribution is 2.23. The van der Waals surface area contributed by atoms with Crippen molar-refractivity contribution in [2.24, 2.45) is 0 Å². The van der Waals surface area contributed by atoms with E-state index in [2.05, 4.69) is 4.98 Å². The molecule has 0 radical (unpaired) electrons. The van der Waals surface area contributed by atoms with E-state index < -0.39 is 11.6 Å². The van der Waals surface area contributed by atoms with Crippen LogP contribution in [-0.4, -0.2) is 9.55 Å². The number of rotatable bonds is 3. The highest BCUT2D eigenvalue weighted by atomic mass is 32.1. The second-order valence-electron chi connectivity index (χ2n) is 4.18. The third-order valence-electron chi connectivity index (χ3n) is 2.99. The Bertz CT molecular complexity index is 719. The van der Waals surface area contributed by atoms with Gasteiger partial charge in [-0.05, 0) is 30.0 Å². The van der Waals surface area contributed by atoms with E-state index >= 15 is 0 Å². The number of nitrogens with two attached hydrogens (primary N) is 1. The molecule has 2 aromatic heterocycles. The van der Waals surface area contributed by atoms with Crippen LogP contribution in [0.1, 0.15) is 4.88 Å². The van der Waals surface area contributed by atoms with Gasteiger partial charge in [-0.1, -0.05) is 6.07 Å². The molecule has 0 spiro atoms. The molecular weight excluding hydrogens is 268 g/mol. The molecule has 0 bridgehead atoms. The highest BCUT2D eigenvalue weighted by molar-refractivity contribution is 7.09. The van der Waals surface area contributed by atoms with Gasteiger partial charge >= 0.3 is 0 Å². The third-order valence-corrected chi connectivity index (χ3v) is 3.93. The molecule has 0 atom stereocenters. The standard InChI is InChI=1S/C13H11F2N3S/c14-9-3-4-10-12(11(9)15)18(13(16)17-10)6-5-8-2-1-7-19-8/h1-4,7H,5-6H2,(H2,16,17). The Morgan fingerprint density at radius 3 is 2.84 bits per heavy atom. The van der Waals surface area contributed by atoms with Gasteiger partial charge in [0.05, 0.1) is 5.52 Å². The van der Waals surface area contributed by atoms with Crippen LogP contribution in [0.5, 0.6) is 0 Å². The average molecular weight is 279 g/mol. The quantitative estimate of drug-likeness (QED) is 0.800. The van der Waals surface area contributed by atoms with Crippen LogP contribution < -0.4 is 5.73 Å². The minimum atomic E-state index is -0.895. The van der Waals surface area contributed by atoms with E-state index in [0.717, 1.165) is 10.9 Å². The number of aryl methyl sites for hydroxylation is 2. The van der Waals surface area contributed by atoms with Crippen LogP contribution in [0.15, 0.2) is 29.6 Å². The van der Waals surface area contributed by atoms with E-state index in [1.165, 1.54) is 10.6 Å². The van der Waals surface area contributed by atoms with Crippen molar-refractivity contribution in [3.05, 3.63) is 46.2 Å². The fourth-order valence-electron chi connectivity index (χ4n) is 2.08. The fraction of sp³-hybridized carbons (Fsp3) is 0.154. The van der Waals surface area contributed by atoms with E-state index in [4.69, 9.17) is 5.73 Å². The highest BCUT2D eigenvalue weighted by Gasteiger charge is 2.15. The first-order chi connectivity index (χ1) is 9.16. The van der Waals surface area contributed by atoms with Crippen LogP contribution in [0.25, 0.3) is 11.0 Å². The van der Waals surface area contributed by atoms with Gasteiger partial charge in [0.25, 0.3) is 0 Å². The number of imidazole rings is 1. The summed E-state index contributed by atoms with van der Waals surface area (Å²) in [6, 6.07) is 6.45. The molecule has 0 aliphatic heterocycles. The Morgan fingerprint density at radius 2 is 2.11 bits per heavy atom. The second kappa shape index (κ2) is 4.62. The van der Waals surface area contributed by atoms with Crippen LogP contribution in [0.3, 0.4) is 0 Å². The van der Waals surface area contributed by atoms with Crippen molar-refractivity contribution in [2.75, 3.05) is 5.73 Å². The average Bonchev–Trinajstić information content (AvgIpc) is 2.99. The van der Waals surface area contributed by atoms with E-state index in [-0.39, 0.29) is 11.5 Å². The van der Waals surface area contributed by atoms with Gasteiger partial charge in [-0.3, -0.25) is 0 Å². The van der Waals surface area contributed by atoms with Gasteiger partial charge in [0.2, 0.25) is 5.95 Å². The summed E-state index contributed by atoms with van der Waals surface area (Å²) in [6.45, 7) is 0.475. The predicted octanol–water partition coefficient (Wildman–Crippen LogP) is 3.20. The number of hydrogen-bond acceptors (Lipinski definition) is 3. The summed E-state index contributed by atoms with van der Waals surface area (Å²) in [5.41, 5.74) is 6.29. The lowest BCUT2D eigenvalue weighted by molar-refractivity contribution is 0.511. The Kier molecular flexibility index (Phi) is 2.94. The largest absolute Gasteiger partial charge is 0.369 e. The van der Waals surface area contributed by atoms with Gasteiger partial charge in [-0.2, -0.15) is 0 Å². The van der Waals surface area contributed by atoms with Crippen molar-refractivity contribution in [2.45, 2.75) is 13.0 Å². The summed E-state index contributed by atoms with van der Waals surface area (Å²) in [5, 5.41) is 1.98. The molecular formula is C13H11F2N3S. The molecule has 19 heavy (non-hydrogen) atoms. The molecule has 0 aliphatic rings. The zero-order valence-corrected chi connectivity index (χ0v) is 10.8. The van der Waals surface area contributed by atoms with Gasteiger partial charge in [-0.25, -0.2) is 13.8 Å². The Labute approximate surface area is 112 Å². The van der Waals surface area contributed by atoms with Crippen LogP contribution in [-0.2, 0) is 13.0 Å².